The fraction of sp³-hybridized carbons (Fsp3) is 0.118. The number of rotatable bonds is 3. The summed E-state index contributed by atoms with van der Waals surface area (Å²) < 4.78 is 0. The first-order chi connectivity index (χ1) is 9.34. The third kappa shape index (κ3) is 2.43. The molecule has 0 saturated heterocycles. The van der Waals surface area contributed by atoms with Crippen molar-refractivity contribution in [3.63, 3.8) is 0 Å². The van der Waals surface area contributed by atoms with E-state index < -0.39 is 0 Å². The first kappa shape index (κ1) is 11.7. The first-order valence-corrected chi connectivity index (χ1v) is 6.41. The van der Waals surface area contributed by atoms with Gasteiger partial charge in [0.1, 0.15) is 0 Å². The van der Waals surface area contributed by atoms with E-state index in [2.05, 4.69) is 29.9 Å². The smallest absolute Gasteiger partial charge is 0.158 e. The summed E-state index contributed by atoms with van der Waals surface area (Å²) in [6, 6.07) is 18.1. The SMILES string of the molecule is C=C(O/N=C1\CCc2ccccc21)c1ccccc1. The van der Waals surface area contributed by atoms with Crippen molar-refractivity contribution in [3.8, 4) is 0 Å². The van der Waals surface area contributed by atoms with E-state index >= 15 is 0 Å². The number of nitrogens with zero attached hydrogens (tertiary/aromatic N) is 1. The number of hydrogen-bond donors (Lipinski definition) is 0. The van der Waals surface area contributed by atoms with Gasteiger partial charge < -0.3 is 4.84 Å². The molecule has 94 valence electrons. The van der Waals surface area contributed by atoms with Gasteiger partial charge in [-0.05, 0) is 18.4 Å². The molecule has 0 spiro atoms. The van der Waals surface area contributed by atoms with E-state index in [1.165, 1.54) is 11.1 Å². The molecule has 0 unspecified atom stereocenters. The van der Waals surface area contributed by atoms with Gasteiger partial charge in [0.2, 0.25) is 0 Å². The second kappa shape index (κ2) is 5.11. The van der Waals surface area contributed by atoms with Crippen molar-refractivity contribution < 1.29 is 4.84 Å². The van der Waals surface area contributed by atoms with Crippen molar-refractivity contribution in [1.82, 2.24) is 0 Å². The summed E-state index contributed by atoms with van der Waals surface area (Å²) in [6.45, 7) is 3.91. The highest BCUT2D eigenvalue weighted by molar-refractivity contribution is 6.04. The molecule has 0 bridgehead atoms. The molecule has 0 aromatic heterocycles. The molecular formula is C17H15NO. The lowest BCUT2D eigenvalue weighted by Crippen LogP contribution is -1.96. The van der Waals surface area contributed by atoms with Crippen molar-refractivity contribution >= 4 is 11.5 Å². The lowest BCUT2D eigenvalue weighted by atomic mass is 10.1. The van der Waals surface area contributed by atoms with E-state index in [9.17, 15) is 0 Å². The lowest BCUT2D eigenvalue weighted by molar-refractivity contribution is 0.298. The largest absolute Gasteiger partial charge is 0.357 e. The van der Waals surface area contributed by atoms with Crippen LogP contribution < -0.4 is 0 Å². The molecule has 1 aliphatic rings. The monoisotopic (exact) mass is 249 g/mol. The molecule has 2 nitrogen and oxygen atoms in total. The summed E-state index contributed by atoms with van der Waals surface area (Å²) in [5, 5.41) is 4.26. The van der Waals surface area contributed by atoms with Gasteiger partial charge in [0, 0.05) is 11.1 Å². The van der Waals surface area contributed by atoms with E-state index in [0.29, 0.717) is 5.76 Å². The third-order valence-corrected chi connectivity index (χ3v) is 3.32. The molecule has 0 saturated carbocycles. The van der Waals surface area contributed by atoms with Gasteiger partial charge >= 0.3 is 0 Å². The second-order valence-corrected chi connectivity index (χ2v) is 4.58. The van der Waals surface area contributed by atoms with Gasteiger partial charge in [0.15, 0.2) is 5.76 Å². The Morgan fingerprint density at radius 1 is 0.947 bits per heavy atom. The third-order valence-electron chi connectivity index (χ3n) is 3.32. The Balaban J connectivity index is 1.77. The first-order valence-electron chi connectivity index (χ1n) is 6.41. The molecule has 0 N–H and O–H groups in total. The quantitative estimate of drug-likeness (QED) is 0.594. The molecule has 19 heavy (non-hydrogen) atoms. The van der Waals surface area contributed by atoms with Crippen molar-refractivity contribution in [1.29, 1.82) is 0 Å². The number of oxime groups is 1. The standard InChI is InChI=1S/C17H15NO/c1-13(14-7-3-2-4-8-14)19-18-17-12-11-15-9-5-6-10-16(15)17/h2-10H,1,11-12H2/b18-17+. The fourth-order valence-electron chi connectivity index (χ4n) is 2.29. The Morgan fingerprint density at radius 2 is 1.68 bits per heavy atom. The normalized spacial score (nSPS) is 15.3. The van der Waals surface area contributed by atoms with Crippen molar-refractivity contribution in [2.24, 2.45) is 5.16 Å². The molecule has 1 aliphatic carbocycles. The zero-order valence-electron chi connectivity index (χ0n) is 10.7. The highest BCUT2D eigenvalue weighted by Crippen LogP contribution is 2.23. The molecule has 2 heteroatoms. The molecule has 0 aliphatic heterocycles. The van der Waals surface area contributed by atoms with Gasteiger partial charge in [-0.1, -0.05) is 66.3 Å². The minimum absolute atomic E-state index is 0.581. The minimum atomic E-state index is 0.581. The van der Waals surface area contributed by atoms with Crippen molar-refractivity contribution in [3.05, 3.63) is 77.9 Å². The number of aryl methyl sites for hydroxylation is 1. The predicted octanol–water partition coefficient (Wildman–Crippen LogP) is 4.02. The van der Waals surface area contributed by atoms with E-state index in [0.717, 1.165) is 24.1 Å². The molecule has 0 amide bonds. The predicted molar refractivity (Wildman–Crippen MR) is 77.9 cm³/mol. The number of benzene rings is 2. The van der Waals surface area contributed by atoms with E-state index in [4.69, 9.17) is 4.84 Å². The number of fused-ring (bicyclic) bond motifs is 1. The maximum Gasteiger partial charge on any atom is 0.158 e. The Hall–Kier alpha value is -2.35. The average molecular weight is 249 g/mol. The summed E-state index contributed by atoms with van der Waals surface area (Å²) in [5.74, 6) is 0.581. The molecule has 0 heterocycles. The zero-order valence-corrected chi connectivity index (χ0v) is 10.7. The maximum atomic E-state index is 5.46. The molecule has 0 radical (unpaired) electrons. The summed E-state index contributed by atoms with van der Waals surface area (Å²) in [6.07, 6.45) is 1.97. The Bertz CT molecular complexity index is 629. The molecule has 2 aromatic carbocycles. The van der Waals surface area contributed by atoms with Gasteiger partial charge in [-0.25, -0.2) is 0 Å². The van der Waals surface area contributed by atoms with Crippen LogP contribution in [0.2, 0.25) is 0 Å². The fourth-order valence-corrected chi connectivity index (χ4v) is 2.29. The lowest BCUT2D eigenvalue weighted by Gasteiger charge is -2.04. The summed E-state index contributed by atoms with van der Waals surface area (Å²) >= 11 is 0. The van der Waals surface area contributed by atoms with Gasteiger partial charge in [-0.3, -0.25) is 0 Å². The highest BCUT2D eigenvalue weighted by Gasteiger charge is 2.17. The molecule has 3 rings (SSSR count). The average Bonchev–Trinajstić information content (AvgIpc) is 2.89. The molecule has 0 atom stereocenters. The minimum Gasteiger partial charge on any atom is -0.357 e. The van der Waals surface area contributed by atoms with Crippen LogP contribution in [0.25, 0.3) is 5.76 Å². The van der Waals surface area contributed by atoms with E-state index in [1.54, 1.807) is 0 Å². The summed E-state index contributed by atoms with van der Waals surface area (Å²) in [4.78, 5) is 5.46. The van der Waals surface area contributed by atoms with Gasteiger partial charge in [0.05, 0.1) is 5.71 Å². The maximum absolute atomic E-state index is 5.46. The van der Waals surface area contributed by atoms with Crippen molar-refractivity contribution in [2.75, 3.05) is 0 Å². The molecule has 2 aromatic rings. The Labute approximate surface area is 113 Å². The van der Waals surface area contributed by atoms with Crippen LogP contribution in [0.5, 0.6) is 0 Å². The highest BCUT2D eigenvalue weighted by atomic mass is 16.6. The zero-order chi connectivity index (χ0) is 13.1. The molecule has 0 fully saturated rings. The van der Waals surface area contributed by atoms with E-state index in [1.807, 2.05) is 36.4 Å². The van der Waals surface area contributed by atoms with Crippen LogP contribution in [-0.2, 0) is 11.3 Å². The van der Waals surface area contributed by atoms with Gasteiger partial charge in [-0.2, -0.15) is 0 Å². The Kier molecular flexibility index (Phi) is 3.15. The van der Waals surface area contributed by atoms with Crippen LogP contribution in [0.1, 0.15) is 23.1 Å². The topological polar surface area (TPSA) is 21.6 Å². The summed E-state index contributed by atoms with van der Waals surface area (Å²) in [7, 11) is 0. The van der Waals surface area contributed by atoms with Gasteiger partial charge in [-0.15, -0.1) is 0 Å². The van der Waals surface area contributed by atoms with Crippen LogP contribution >= 0.6 is 0 Å². The number of hydrogen-bond acceptors (Lipinski definition) is 2. The van der Waals surface area contributed by atoms with Gasteiger partial charge in [0.25, 0.3) is 0 Å². The Morgan fingerprint density at radius 3 is 2.53 bits per heavy atom. The van der Waals surface area contributed by atoms with Crippen LogP contribution in [0.15, 0.2) is 66.3 Å². The van der Waals surface area contributed by atoms with E-state index in [-0.39, 0.29) is 0 Å². The summed E-state index contributed by atoms with van der Waals surface area (Å²) in [5.41, 5.74) is 4.50. The second-order valence-electron chi connectivity index (χ2n) is 4.58. The van der Waals surface area contributed by atoms with Crippen LogP contribution in [0.4, 0.5) is 0 Å². The van der Waals surface area contributed by atoms with Crippen molar-refractivity contribution in [2.45, 2.75) is 12.8 Å². The van der Waals surface area contributed by atoms with Crippen LogP contribution in [0, 0.1) is 0 Å². The van der Waals surface area contributed by atoms with Crippen LogP contribution in [0.3, 0.4) is 0 Å². The van der Waals surface area contributed by atoms with Crippen LogP contribution in [-0.4, -0.2) is 5.71 Å². The molecular weight excluding hydrogens is 234 g/mol.